The van der Waals surface area contributed by atoms with Crippen LogP contribution in [0.25, 0.3) is 11.0 Å². The van der Waals surface area contributed by atoms with E-state index in [2.05, 4.69) is 31.4 Å². The molecule has 4 fully saturated rings. The quantitative estimate of drug-likeness (QED) is 0.703. The number of carbonyl (C=O) groups excluding carboxylic acids is 1. The molecule has 4 aliphatic rings. The Balaban J connectivity index is 1.05. The van der Waals surface area contributed by atoms with Gasteiger partial charge in [-0.2, -0.15) is 0 Å². The van der Waals surface area contributed by atoms with Gasteiger partial charge in [-0.25, -0.2) is 9.97 Å². The first-order valence-electron chi connectivity index (χ1n) is 13.3. The predicted octanol–water partition coefficient (Wildman–Crippen LogP) is 3.38. The number of piperidine rings is 1. The van der Waals surface area contributed by atoms with Crippen LogP contribution in [0.1, 0.15) is 62.8 Å². The van der Waals surface area contributed by atoms with E-state index in [4.69, 9.17) is 4.74 Å². The summed E-state index contributed by atoms with van der Waals surface area (Å²) in [5, 5.41) is 4.87. The Hall–Kier alpha value is -2.19. The third kappa shape index (κ3) is 4.19. The molecule has 1 saturated carbocycles. The molecule has 2 aromatic rings. The third-order valence-electron chi connectivity index (χ3n) is 9.11. The van der Waals surface area contributed by atoms with Gasteiger partial charge in [0, 0.05) is 70.5 Å². The summed E-state index contributed by atoms with van der Waals surface area (Å²) in [4.78, 5) is 29.3. The molecule has 0 unspecified atom stereocenters. The number of ether oxygens (including phenoxy) is 1. The highest BCUT2D eigenvalue weighted by atomic mass is 16.5. The van der Waals surface area contributed by atoms with E-state index in [0.29, 0.717) is 35.7 Å². The molecule has 8 heteroatoms. The van der Waals surface area contributed by atoms with Crippen LogP contribution >= 0.6 is 0 Å². The van der Waals surface area contributed by atoms with Crippen molar-refractivity contribution in [2.24, 2.45) is 11.8 Å². The lowest BCUT2D eigenvalue weighted by molar-refractivity contribution is -0.127. The molecular weight excluding hydrogens is 428 g/mol. The molecule has 8 nitrogen and oxygen atoms in total. The number of nitrogens with one attached hydrogen (secondary N) is 2. The molecule has 184 valence electrons. The maximum atomic E-state index is 12.1. The molecule has 1 aliphatic carbocycles. The SMILES string of the molecule is CN1C(=O)C[C@@H]2CN(C3CCC(CNc4ncnc5[nH]cc(C6CCOCC6)c45)CC3)CC[C@@H]21. The minimum absolute atomic E-state index is 0.341. The van der Waals surface area contributed by atoms with Crippen LogP contribution in [0.3, 0.4) is 0 Å². The predicted molar refractivity (Wildman–Crippen MR) is 132 cm³/mol. The molecular formula is C26H38N6O2. The first-order valence-corrected chi connectivity index (χ1v) is 13.3. The minimum atomic E-state index is 0.341. The van der Waals surface area contributed by atoms with E-state index >= 15 is 0 Å². The molecule has 2 N–H and O–H groups in total. The zero-order valence-electron chi connectivity index (χ0n) is 20.3. The Morgan fingerprint density at radius 3 is 2.76 bits per heavy atom. The zero-order valence-corrected chi connectivity index (χ0v) is 20.3. The molecule has 6 rings (SSSR count). The summed E-state index contributed by atoms with van der Waals surface area (Å²) in [5.74, 6) is 3.06. The van der Waals surface area contributed by atoms with Gasteiger partial charge in [0.1, 0.15) is 17.8 Å². The zero-order chi connectivity index (χ0) is 23.1. The van der Waals surface area contributed by atoms with Gasteiger partial charge in [0.05, 0.1) is 5.39 Å². The highest BCUT2D eigenvalue weighted by Crippen LogP contribution is 2.37. The Bertz CT molecular complexity index is 1010. The summed E-state index contributed by atoms with van der Waals surface area (Å²) in [6.07, 6.45) is 12.9. The molecule has 0 aromatic carbocycles. The van der Waals surface area contributed by atoms with Gasteiger partial charge in [-0.05, 0) is 62.3 Å². The van der Waals surface area contributed by atoms with Gasteiger partial charge in [-0.15, -0.1) is 0 Å². The molecule has 1 amide bonds. The second-order valence-electron chi connectivity index (χ2n) is 11.0. The summed E-state index contributed by atoms with van der Waals surface area (Å²) in [6.45, 7) is 4.90. The van der Waals surface area contributed by atoms with Gasteiger partial charge in [-0.3, -0.25) is 9.69 Å². The van der Waals surface area contributed by atoms with Crippen LogP contribution in [-0.2, 0) is 9.53 Å². The number of likely N-dealkylation sites (tertiary alicyclic amines) is 2. The van der Waals surface area contributed by atoms with E-state index in [0.717, 1.165) is 70.0 Å². The van der Waals surface area contributed by atoms with Crippen LogP contribution < -0.4 is 5.32 Å². The van der Waals surface area contributed by atoms with Gasteiger partial charge in [-0.1, -0.05) is 0 Å². The third-order valence-corrected chi connectivity index (χ3v) is 9.11. The first kappa shape index (κ1) is 22.3. The van der Waals surface area contributed by atoms with Crippen molar-refractivity contribution in [1.82, 2.24) is 24.8 Å². The summed E-state index contributed by atoms with van der Waals surface area (Å²) in [5.41, 5.74) is 2.27. The Morgan fingerprint density at radius 1 is 1.12 bits per heavy atom. The average Bonchev–Trinajstić information content (AvgIpc) is 3.44. The van der Waals surface area contributed by atoms with Crippen LogP contribution in [0.5, 0.6) is 0 Å². The number of hydrogen-bond donors (Lipinski definition) is 2. The molecule has 3 saturated heterocycles. The summed E-state index contributed by atoms with van der Waals surface area (Å²) in [7, 11) is 1.99. The number of aromatic amines is 1. The fourth-order valence-electron chi connectivity index (χ4n) is 7.05. The Morgan fingerprint density at radius 2 is 1.94 bits per heavy atom. The van der Waals surface area contributed by atoms with E-state index in [1.807, 2.05) is 11.9 Å². The topological polar surface area (TPSA) is 86.4 Å². The second kappa shape index (κ2) is 9.46. The fraction of sp³-hybridized carbons (Fsp3) is 0.731. The Labute approximate surface area is 201 Å². The van der Waals surface area contributed by atoms with Crippen LogP contribution in [0.15, 0.2) is 12.5 Å². The maximum absolute atomic E-state index is 12.1. The van der Waals surface area contributed by atoms with E-state index in [-0.39, 0.29) is 0 Å². The smallest absolute Gasteiger partial charge is 0.222 e. The number of amides is 1. The van der Waals surface area contributed by atoms with Crippen LogP contribution in [-0.4, -0.2) is 82.6 Å². The van der Waals surface area contributed by atoms with Crippen molar-refractivity contribution in [3.8, 4) is 0 Å². The lowest BCUT2D eigenvalue weighted by Crippen LogP contribution is -2.50. The van der Waals surface area contributed by atoms with Gasteiger partial charge in [0.2, 0.25) is 5.91 Å². The van der Waals surface area contributed by atoms with Crippen molar-refractivity contribution >= 4 is 22.8 Å². The number of carbonyl (C=O) groups is 1. The average molecular weight is 467 g/mol. The fourth-order valence-corrected chi connectivity index (χ4v) is 7.05. The van der Waals surface area contributed by atoms with Crippen LogP contribution in [0.2, 0.25) is 0 Å². The first-order chi connectivity index (χ1) is 16.7. The lowest BCUT2D eigenvalue weighted by atomic mass is 9.83. The Kier molecular flexibility index (Phi) is 6.20. The van der Waals surface area contributed by atoms with E-state index in [1.165, 1.54) is 36.6 Å². The van der Waals surface area contributed by atoms with Crippen molar-refractivity contribution in [3.05, 3.63) is 18.1 Å². The standard InChI is InChI=1S/C26H38N6O2/c1-31-22-6-9-32(15-19(22)12-23(31)33)20-4-2-17(3-5-20)13-27-25-24-21(18-7-10-34-11-8-18)14-28-26(24)30-16-29-25/h14,16-20,22H,2-13,15H2,1H3,(H2,27,28,29,30)/t17?,19-,20?,22+/m1/s1. The number of aromatic nitrogens is 3. The summed E-state index contributed by atoms with van der Waals surface area (Å²) < 4.78 is 5.57. The van der Waals surface area contributed by atoms with Crippen LogP contribution in [0.4, 0.5) is 5.82 Å². The second-order valence-corrected chi connectivity index (χ2v) is 11.0. The number of fused-ring (bicyclic) bond motifs is 2. The monoisotopic (exact) mass is 466 g/mol. The van der Waals surface area contributed by atoms with Crippen molar-refractivity contribution in [2.45, 2.75) is 69.4 Å². The lowest BCUT2D eigenvalue weighted by Gasteiger charge is -2.43. The number of hydrogen-bond acceptors (Lipinski definition) is 6. The highest BCUT2D eigenvalue weighted by molar-refractivity contribution is 5.90. The van der Waals surface area contributed by atoms with Crippen molar-refractivity contribution < 1.29 is 9.53 Å². The van der Waals surface area contributed by atoms with Crippen molar-refractivity contribution in [1.29, 1.82) is 0 Å². The van der Waals surface area contributed by atoms with Gasteiger partial charge >= 0.3 is 0 Å². The molecule has 0 bridgehead atoms. The van der Waals surface area contributed by atoms with Gasteiger partial charge in [0.25, 0.3) is 0 Å². The summed E-state index contributed by atoms with van der Waals surface area (Å²) in [6, 6.07) is 1.17. The minimum Gasteiger partial charge on any atom is -0.381 e. The molecule has 3 aliphatic heterocycles. The maximum Gasteiger partial charge on any atom is 0.222 e. The van der Waals surface area contributed by atoms with E-state index < -0.39 is 0 Å². The van der Waals surface area contributed by atoms with Crippen molar-refractivity contribution in [2.75, 3.05) is 45.2 Å². The molecule has 34 heavy (non-hydrogen) atoms. The van der Waals surface area contributed by atoms with Gasteiger partial charge in [0.15, 0.2) is 0 Å². The number of anilines is 1. The van der Waals surface area contributed by atoms with E-state index in [9.17, 15) is 4.79 Å². The van der Waals surface area contributed by atoms with E-state index in [1.54, 1.807) is 6.33 Å². The van der Waals surface area contributed by atoms with Crippen LogP contribution in [0, 0.1) is 11.8 Å². The normalized spacial score (nSPS) is 31.2. The molecule has 0 radical (unpaired) electrons. The molecule has 0 spiro atoms. The number of rotatable bonds is 5. The summed E-state index contributed by atoms with van der Waals surface area (Å²) >= 11 is 0. The highest BCUT2D eigenvalue weighted by Gasteiger charge is 2.42. The number of H-pyrrole nitrogens is 1. The molecule has 5 heterocycles. The largest absolute Gasteiger partial charge is 0.381 e. The van der Waals surface area contributed by atoms with Gasteiger partial charge < -0.3 is 19.9 Å². The molecule has 2 atom stereocenters. The molecule has 2 aromatic heterocycles. The number of nitrogens with zero attached hydrogens (tertiary/aromatic N) is 4. The van der Waals surface area contributed by atoms with Crippen molar-refractivity contribution in [3.63, 3.8) is 0 Å².